The average molecular weight is 436 g/mol. The second-order valence-corrected chi connectivity index (χ2v) is 6.93. The van der Waals surface area contributed by atoms with Crippen molar-refractivity contribution in [3.8, 4) is 17.1 Å². The summed E-state index contributed by atoms with van der Waals surface area (Å²) < 4.78 is 4.20. The maximum absolute atomic E-state index is 3.34. The molecule has 1 heterocycles. The summed E-state index contributed by atoms with van der Waals surface area (Å²) in [7, 11) is 2.06. The summed E-state index contributed by atoms with van der Waals surface area (Å²) >= 11 is 0. The summed E-state index contributed by atoms with van der Waals surface area (Å²) in [5.74, 6) is 1.10. The van der Waals surface area contributed by atoms with Gasteiger partial charge in [0.25, 0.3) is 0 Å². The molecule has 0 unspecified atom stereocenters. The minimum atomic E-state index is 0. The molecule has 0 aliphatic carbocycles. The van der Waals surface area contributed by atoms with Crippen LogP contribution in [0, 0.1) is 19.2 Å². The van der Waals surface area contributed by atoms with Crippen molar-refractivity contribution >= 4 is 21.5 Å². The van der Waals surface area contributed by atoms with E-state index in [4.69, 9.17) is 0 Å². The molecule has 0 bridgehead atoms. The van der Waals surface area contributed by atoms with Crippen molar-refractivity contribution < 1.29 is 37.3 Å². The molecule has 133 valence electrons. The Hall–Kier alpha value is -2.29. The van der Waals surface area contributed by atoms with Crippen LogP contribution in [0.5, 0.6) is 0 Å². The summed E-state index contributed by atoms with van der Waals surface area (Å²) in [6.07, 6.45) is 5.31. The number of imidazole rings is 1. The van der Waals surface area contributed by atoms with Crippen LogP contribution in [0.1, 0.15) is 5.56 Å². The van der Waals surface area contributed by atoms with Crippen LogP contribution in [0.4, 0.5) is 0 Å². The number of hydrogen-bond acceptors (Lipinski definition) is 0. The van der Waals surface area contributed by atoms with Crippen LogP contribution in [-0.2, 0) is 39.8 Å². The first-order chi connectivity index (χ1) is 13.2. The van der Waals surface area contributed by atoms with Gasteiger partial charge in [-0.1, -0.05) is 42.1 Å². The molecule has 2 nitrogen and oxygen atoms in total. The van der Waals surface area contributed by atoms with Crippen molar-refractivity contribution in [1.29, 1.82) is 0 Å². The molecule has 5 aromatic rings. The van der Waals surface area contributed by atoms with Crippen LogP contribution < -0.4 is 4.57 Å². The topological polar surface area (TPSA) is 8.81 Å². The molecule has 1 aromatic heterocycles. The molecule has 0 saturated heterocycles. The minimum absolute atomic E-state index is 0. The second kappa shape index (κ2) is 7.62. The molecule has 0 aliphatic rings. The largest absolute Gasteiger partial charge is 0.378 e. The Kier molecular flexibility index (Phi) is 5.18. The van der Waals surface area contributed by atoms with E-state index in [1.54, 1.807) is 0 Å². The van der Waals surface area contributed by atoms with Gasteiger partial charge in [-0.2, -0.15) is 24.3 Å². The van der Waals surface area contributed by atoms with E-state index >= 15 is 0 Å². The molecular weight excluding hydrogens is 417 g/mol. The maximum atomic E-state index is 3.34. The van der Waals surface area contributed by atoms with E-state index in [9.17, 15) is 0 Å². The molecule has 28 heavy (non-hydrogen) atoms. The zero-order chi connectivity index (χ0) is 18.4. The molecule has 0 N–H and O–H groups in total. The van der Waals surface area contributed by atoms with Crippen LogP contribution in [0.2, 0.25) is 0 Å². The molecular formula is C25H19N2Y-. The Labute approximate surface area is 190 Å². The van der Waals surface area contributed by atoms with Crippen molar-refractivity contribution in [3.63, 3.8) is 0 Å². The first kappa shape index (κ1) is 19.0. The minimum Gasteiger partial charge on any atom is -0.378 e. The van der Waals surface area contributed by atoms with Gasteiger partial charge in [-0.3, -0.25) is 4.57 Å². The summed E-state index contributed by atoms with van der Waals surface area (Å²) in [5, 5.41) is 5.10. The number of hydrogen-bond donors (Lipinski definition) is 0. The van der Waals surface area contributed by atoms with Crippen molar-refractivity contribution in [2.75, 3.05) is 0 Å². The fraction of sp³-hybridized carbons (Fsp3) is 0.0800. The normalized spacial score (nSPS) is 10.9. The van der Waals surface area contributed by atoms with E-state index in [1.165, 1.54) is 32.7 Å². The van der Waals surface area contributed by atoms with E-state index in [0.717, 1.165) is 11.5 Å². The monoisotopic (exact) mass is 436 g/mol. The molecule has 5 rings (SSSR count). The van der Waals surface area contributed by atoms with Gasteiger partial charge in [-0.05, 0) is 46.2 Å². The molecule has 0 fully saturated rings. The van der Waals surface area contributed by atoms with Crippen molar-refractivity contribution in [3.05, 3.63) is 96.8 Å². The Morgan fingerprint density at radius 2 is 1.61 bits per heavy atom. The van der Waals surface area contributed by atoms with Crippen LogP contribution in [-0.4, -0.2) is 4.57 Å². The third-order valence-electron chi connectivity index (χ3n) is 5.26. The molecule has 3 heteroatoms. The van der Waals surface area contributed by atoms with Crippen LogP contribution in [0.15, 0.2) is 79.0 Å². The smallest absolute Gasteiger partial charge is 0.184 e. The van der Waals surface area contributed by atoms with Gasteiger partial charge in [0.1, 0.15) is 0 Å². The molecule has 0 saturated carbocycles. The van der Waals surface area contributed by atoms with Gasteiger partial charge in [-0.25, -0.2) is 6.07 Å². The van der Waals surface area contributed by atoms with Gasteiger partial charge in [-0.15, -0.1) is 0 Å². The van der Waals surface area contributed by atoms with Crippen molar-refractivity contribution in [2.45, 2.75) is 6.92 Å². The molecule has 0 atom stereocenters. The Balaban J connectivity index is 0.00000192. The van der Waals surface area contributed by atoms with E-state index < -0.39 is 0 Å². The number of aryl methyl sites for hydroxylation is 2. The Bertz CT molecular complexity index is 1290. The number of rotatable bonds is 2. The first-order valence-corrected chi connectivity index (χ1v) is 9.11. The number of fused-ring (bicyclic) bond motifs is 2. The fourth-order valence-corrected chi connectivity index (χ4v) is 3.85. The predicted octanol–water partition coefficient (Wildman–Crippen LogP) is 5.18. The van der Waals surface area contributed by atoms with Gasteiger partial charge < -0.3 is 4.57 Å². The molecule has 1 radical (unpaired) electrons. The third kappa shape index (κ3) is 3.11. The van der Waals surface area contributed by atoms with Gasteiger partial charge in [0.15, 0.2) is 5.82 Å². The summed E-state index contributed by atoms with van der Waals surface area (Å²) in [5.41, 5.74) is 3.48. The number of nitrogens with zero attached hydrogens (tertiary/aromatic N) is 2. The van der Waals surface area contributed by atoms with Crippen LogP contribution in [0.3, 0.4) is 0 Å². The Morgan fingerprint density at radius 3 is 2.36 bits per heavy atom. The number of para-hydroxylation sites is 1. The van der Waals surface area contributed by atoms with Gasteiger partial charge in [0.05, 0.1) is 19.4 Å². The summed E-state index contributed by atoms with van der Waals surface area (Å²) in [4.78, 5) is 0. The van der Waals surface area contributed by atoms with Gasteiger partial charge in [0.2, 0.25) is 0 Å². The fourth-order valence-electron chi connectivity index (χ4n) is 3.85. The third-order valence-corrected chi connectivity index (χ3v) is 5.26. The number of aromatic nitrogens is 2. The van der Waals surface area contributed by atoms with E-state index in [2.05, 4.69) is 90.0 Å². The molecule has 0 spiro atoms. The maximum Gasteiger partial charge on any atom is 0.184 e. The average Bonchev–Trinajstić information content (AvgIpc) is 3.09. The Morgan fingerprint density at radius 1 is 0.857 bits per heavy atom. The summed E-state index contributed by atoms with van der Waals surface area (Å²) in [6, 6.07) is 28.9. The standard InChI is InChI=1S/C25H19N2.Y/c1-18-23(25-26(2)14-15-27(25)22-10-4-3-5-11-22)13-12-21-16-19-8-6-7-9-20(19)17-24(18)21;/h3-10,12-14,16-17H,1-2H3;/q-1;. The van der Waals surface area contributed by atoms with Crippen LogP contribution >= 0.6 is 0 Å². The van der Waals surface area contributed by atoms with E-state index in [1.807, 2.05) is 24.4 Å². The molecule has 0 aliphatic heterocycles. The van der Waals surface area contributed by atoms with Crippen molar-refractivity contribution in [1.82, 2.24) is 4.57 Å². The zero-order valence-corrected chi connectivity index (χ0v) is 18.8. The summed E-state index contributed by atoms with van der Waals surface area (Å²) in [6.45, 7) is 2.21. The zero-order valence-electron chi connectivity index (χ0n) is 16.0. The van der Waals surface area contributed by atoms with Gasteiger partial charge >= 0.3 is 0 Å². The SMILES string of the molecule is Cc1c(-c2n(C)c[c-][n+]2-c2[c-]cccc2)ccc2cc3ccccc3cc12.[Y]. The quantitative estimate of drug-likeness (QED) is 0.205. The van der Waals surface area contributed by atoms with Gasteiger partial charge in [0, 0.05) is 38.3 Å². The number of benzene rings is 4. The van der Waals surface area contributed by atoms with Crippen LogP contribution in [0.25, 0.3) is 38.6 Å². The molecule has 4 aromatic carbocycles. The predicted molar refractivity (Wildman–Crippen MR) is 110 cm³/mol. The second-order valence-electron chi connectivity index (χ2n) is 6.93. The van der Waals surface area contributed by atoms with E-state index in [0.29, 0.717) is 0 Å². The van der Waals surface area contributed by atoms with Crippen molar-refractivity contribution in [2.24, 2.45) is 7.05 Å². The van der Waals surface area contributed by atoms with E-state index in [-0.39, 0.29) is 32.7 Å². The molecule has 0 amide bonds. The first-order valence-electron chi connectivity index (χ1n) is 9.11.